The molecule has 20 heteroatoms. The number of nitrogens with one attached hydrogen (secondary N) is 4. The lowest BCUT2D eigenvalue weighted by Crippen LogP contribution is -2.57. The minimum absolute atomic E-state index is 0.0406. The first-order chi connectivity index (χ1) is 26.3. The highest BCUT2D eigenvalue weighted by molar-refractivity contribution is 5.84. The lowest BCUT2D eigenvalue weighted by atomic mass is 10.0. The lowest BCUT2D eigenvalue weighted by molar-refractivity contribution is -0.292. The van der Waals surface area contributed by atoms with Crippen molar-refractivity contribution in [3.8, 4) is 0 Å². The van der Waals surface area contributed by atoms with Gasteiger partial charge in [0, 0.05) is 26.2 Å². The van der Waals surface area contributed by atoms with Gasteiger partial charge in [-0.3, -0.25) is 19.3 Å². The summed E-state index contributed by atoms with van der Waals surface area (Å²) in [6.07, 6.45) is -11.2. The Morgan fingerprint density at radius 2 is 1.04 bits per heavy atom. The van der Waals surface area contributed by atoms with Gasteiger partial charge in [-0.25, -0.2) is 4.79 Å². The summed E-state index contributed by atoms with van der Waals surface area (Å²) >= 11 is 0. The molecular weight excluding hydrogens is 730 g/mol. The predicted octanol–water partition coefficient (Wildman–Crippen LogP) is -3.58. The van der Waals surface area contributed by atoms with E-state index in [4.69, 9.17) is 23.7 Å². The van der Waals surface area contributed by atoms with Crippen LogP contribution in [-0.2, 0) is 44.7 Å². The standard InChI is InChI=1S/C35H57N5O15/c1-21-27(44)29(46)31(48)33(54-21)51-15-13-37-25(42)18-40(19-26(43)38-14-16-52-34-32(49)30(47)28(45)22(2)55-34)17-24(41)36-11-7-4-8-12-39-35(50)53-20-23-9-5-3-6-10-23/h3,5-6,9-10,21-22,27-34,44-49H,4,7-8,11-20H2,1-2H3,(H,36,41)(H,37,42)(H,38,43)(H,39,50)/t21-,22-,27+,28+,29+,30+,31-,32-,33+,34+/m0/s1. The van der Waals surface area contributed by atoms with E-state index in [0.29, 0.717) is 32.4 Å². The van der Waals surface area contributed by atoms with Crippen molar-refractivity contribution < 1.29 is 73.5 Å². The van der Waals surface area contributed by atoms with Crippen molar-refractivity contribution >= 4 is 23.8 Å². The van der Waals surface area contributed by atoms with Crippen LogP contribution in [0.1, 0.15) is 38.7 Å². The van der Waals surface area contributed by atoms with Gasteiger partial charge in [-0.15, -0.1) is 0 Å². The maximum atomic E-state index is 12.8. The molecule has 2 fully saturated rings. The second kappa shape index (κ2) is 24.2. The molecule has 0 spiro atoms. The van der Waals surface area contributed by atoms with E-state index in [2.05, 4.69) is 21.3 Å². The number of nitrogens with zero attached hydrogens (tertiary/aromatic N) is 1. The van der Waals surface area contributed by atoms with Crippen LogP contribution in [0.3, 0.4) is 0 Å². The number of carbonyl (C=O) groups is 4. The van der Waals surface area contributed by atoms with Gasteiger partial charge in [-0.2, -0.15) is 0 Å². The maximum absolute atomic E-state index is 12.8. The molecule has 0 aliphatic carbocycles. The van der Waals surface area contributed by atoms with Gasteiger partial charge in [0.1, 0.15) is 43.2 Å². The number of hydrogen-bond donors (Lipinski definition) is 10. The smallest absolute Gasteiger partial charge is 0.407 e. The summed E-state index contributed by atoms with van der Waals surface area (Å²) in [5.41, 5.74) is 0.876. The minimum Gasteiger partial charge on any atom is -0.445 e. The summed E-state index contributed by atoms with van der Waals surface area (Å²) in [5, 5.41) is 70.4. The van der Waals surface area contributed by atoms with Crippen LogP contribution in [0.4, 0.5) is 4.79 Å². The first kappa shape index (κ1) is 45.8. The van der Waals surface area contributed by atoms with Gasteiger partial charge in [-0.05, 0) is 38.7 Å². The molecule has 0 radical (unpaired) electrons. The topological polar surface area (TPSA) is 287 Å². The zero-order chi connectivity index (χ0) is 40.3. The fourth-order valence-corrected chi connectivity index (χ4v) is 5.60. The van der Waals surface area contributed by atoms with Crippen LogP contribution in [0, 0.1) is 0 Å². The van der Waals surface area contributed by atoms with E-state index in [1.807, 2.05) is 30.3 Å². The third-order valence-electron chi connectivity index (χ3n) is 8.79. The fourth-order valence-electron chi connectivity index (χ4n) is 5.60. The van der Waals surface area contributed by atoms with Crippen LogP contribution in [0.2, 0.25) is 0 Å². The molecule has 1 aromatic rings. The van der Waals surface area contributed by atoms with E-state index in [0.717, 1.165) is 5.56 Å². The number of amides is 4. The van der Waals surface area contributed by atoms with Crippen LogP contribution in [-0.4, -0.2) is 180 Å². The van der Waals surface area contributed by atoms with Crippen molar-refractivity contribution in [2.45, 2.75) is 101 Å². The Kier molecular flexibility index (Phi) is 20.1. The highest BCUT2D eigenvalue weighted by atomic mass is 16.7. The summed E-state index contributed by atoms with van der Waals surface area (Å²) in [6, 6.07) is 9.29. The van der Waals surface area contributed by atoms with Crippen LogP contribution < -0.4 is 21.3 Å². The highest BCUT2D eigenvalue weighted by Crippen LogP contribution is 2.22. The monoisotopic (exact) mass is 787 g/mol. The van der Waals surface area contributed by atoms with E-state index >= 15 is 0 Å². The number of aliphatic hydroxyl groups is 6. The third kappa shape index (κ3) is 16.2. The Balaban J connectivity index is 1.39. The van der Waals surface area contributed by atoms with Gasteiger partial charge in [0.25, 0.3) is 0 Å². The summed E-state index contributed by atoms with van der Waals surface area (Å²) < 4.78 is 26.7. The molecule has 2 aliphatic rings. The molecule has 3 rings (SSSR count). The Morgan fingerprint density at radius 3 is 1.51 bits per heavy atom. The Hall–Kier alpha value is -3.54. The second-order valence-electron chi connectivity index (χ2n) is 13.3. The molecule has 10 N–H and O–H groups in total. The number of benzene rings is 1. The number of alkyl carbamates (subject to hydrolysis) is 1. The van der Waals surface area contributed by atoms with E-state index < -0.39 is 85.2 Å². The van der Waals surface area contributed by atoms with Gasteiger partial charge >= 0.3 is 6.09 Å². The molecule has 10 atom stereocenters. The minimum atomic E-state index is -1.51. The zero-order valence-corrected chi connectivity index (χ0v) is 31.2. The number of aliphatic hydroxyl groups excluding tert-OH is 6. The first-order valence-electron chi connectivity index (χ1n) is 18.4. The van der Waals surface area contributed by atoms with Gasteiger partial charge in [-0.1, -0.05) is 30.3 Å². The summed E-state index contributed by atoms with van der Waals surface area (Å²) in [7, 11) is 0. The second-order valence-corrected chi connectivity index (χ2v) is 13.3. The highest BCUT2D eigenvalue weighted by Gasteiger charge is 2.43. The van der Waals surface area contributed by atoms with Crippen molar-refractivity contribution in [1.82, 2.24) is 26.2 Å². The quantitative estimate of drug-likeness (QED) is 0.0509. The van der Waals surface area contributed by atoms with Crippen molar-refractivity contribution in [3.63, 3.8) is 0 Å². The number of carbonyl (C=O) groups excluding carboxylic acids is 4. The predicted molar refractivity (Wildman–Crippen MR) is 191 cm³/mol. The summed E-state index contributed by atoms with van der Waals surface area (Å²) in [6.45, 7) is 2.55. The van der Waals surface area contributed by atoms with E-state index in [1.54, 1.807) is 0 Å². The molecule has 2 saturated heterocycles. The summed E-state index contributed by atoms with van der Waals surface area (Å²) in [5.74, 6) is -1.53. The normalized spacial score (nSPS) is 27.9. The largest absolute Gasteiger partial charge is 0.445 e. The molecule has 312 valence electrons. The molecule has 0 bridgehead atoms. The van der Waals surface area contributed by atoms with Gasteiger partial charge < -0.3 is 75.6 Å². The summed E-state index contributed by atoms with van der Waals surface area (Å²) in [4.78, 5) is 51.6. The SMILES string of the molecule is C[C@@H]1O[C@@H](OCCNC(=O)CN(CC(=O)NCCCCCNC(=O)OCc2ccccc2)CC(=O)NCCO[C@@H]2O[C@@H](C)[C@@H](O)[C@@H](O)[C@@H]2O)[C@@H](O)[C@H](O)[C@@H]1O. The van der Waals surface area contributed by atoms with Gasteiger partial charge in [0.2, 0.25) is 17.7 Å². The lowest BCUT2D eigenvalue weighted by Gasteiger charge is -2.38. The Labute approximate surface area is 319 Å². The molecule has 1 aromatic carbocycles. The molecule has 2 aliphatic heterocycles. The van der Waals surface area contributed by atoms with Crippen molar-refractivity contribution in [3.05, 3.63) is 35.9 Å². The molecule has 0 unspecified atom stereocenters. The Morgan fingerprint density at radius 1 is 0.600 bits per heavy atom. The van der Waals surface area contributed by atoms with Crippen LogP contribution >= 0.6 is 0 Å². The first-order valence-corrected chi connectivity index (χ1v) is 18.4. The average Bonchev–Trinajstić information content (AvgIpc) is 3.16. The molecule has 0 aromatic heterocycles. The van der Waals surface area contributed by atoms with Gasteiger partial charge in [0.05, 0.1) is 45.1 Å². The number of rotatable bonds is 22. The van der Waals surface area contributed by atoms with Crippen molar-refractivity contribution in [2.24, 2.45) is 0 Å². The van der Waals surface area contributed by atoms with E-state index in [9.17, 15) is 49.8 Å². The molecule has 0 saturated carbocycles. The van der Waals surface area contributed by atoms with E-state index in [-0.39, 0.29) is 52.5 Å². The van der Waals surface area contributed by atoms with Crippen molar-refractivity contribution in [2.75, 3.05) is 59.0 Å². The van der Waals surface area contributed by atoms with Crippen LogP contribution in [0.15, 0.2) is 30.3 Å². The maximum Gasteiger partial charge on any atom is 0.407 e. The molecular formula is C35H57N5O15. The molecule has 55 heavy (non-hydrogen) atoms. The van der Waals surface area contributed by atoms with Crippen LogP contribution in [0.25, 0.3) is 0 Å². The average molecular weight is 788 g/mol. The van der Waals surface area contributed by atoms with E-state index in [1.165, 1.54) is 18.7 Å². The Bertz CT molecular complexity index is 1260. The number of ether oxygens (including phenoxy) is 5. The number of unbranched alkanes of at least 4 members (excludes halogenated alkanes) is 2. The molecule has 20 nitrogen and oxygen atoms in total. The van der Waals surface area contributed by atoms with Gasteiger partial charge in [0.15, 0.2) is 12.6 Å². The van der Waals surface area contributed by atoms with Crippen LogP contribution in [0.5, 0.6) is 0 Å². The molecule has 4 amide bonds. The fraction of sp³-hybridized carbons (Fsp3) is 0.714. The molecule has 2 heterocycles. The number of hydrogen-bond acceptors (Lipinski definition) is 16. The third-order valence-corrected chi connectivity index (χ3v) is 8.79. The van der Waals surface area contributed by atoms with Crippen molar-refractivity contribution in [1.29, 1.82) is 0 Å². The zero-order valence-electron chi connectivity index (χ0n) is 31.2.